The highest BCUT2D eigenvalue weighted by molar-refractivity contribution is 5.94. The Hall–Kier alpha value is -7.49. The van der Waals surface area contributed by atoms with Crippen molar-refractivity contribution in [1.29, 1.82) is 5.26 Å². The summed E-state index contributed by atoms with van der Waals surface area (Å²) in [7, 11) is 0. The van der Waals surface area contributed by atoms with Crippen LogP contribution in [0, 0.1) is 11.3 Å². The van der Waals surface area contributed by atoms with Crippen molar-refractivity contribution in [3.63, 3.8) is 0 Å². The summed E-state index contributed by atoms with van der Waals surface area (Å²) in [6, 6.07) is 59.8. The van der Waals surface area contributed by atoms with Gasteiger partial charge in [-0.25, -0.2) is 9.97 Å². The average molecular weight is 681 g/mol. The number of rotatable bonds is 6. The predicted molar refractivity (Wildman–Crippen MR) is 212 cm³/mol. The quantitative estimate of drug-likeness (QED) is 0.174. The van der Waals surface area contributed by atoms with Crippen LogP contribution < -0.4 is 4.90 Å². The fraction of sp³-hybridized carbons (Fsp3) is 0. The molecule has 248 valence electrons. The first-order chi connectivity index (χ1) is 26.1. The summed E-state index contributed by atoms with van der Waals surface area (Å²) >= 11 is 0. The molecule has 2 heterocycles. The number of benzene rings is 8. The largest absolute Gasteiger partial charge is 0.436 e. The van der Waals surface area contributed by atoms with E-state index in [4.69, 9.17) is 18.8 Å². The fourth-order valence-electron chi connectivity index (χ4n) is 6.99. The van der Waals surface area contributed by atoms with E-state index in [2.05, 4.69) is 114 Å². The van der Waals surface area contributed by atoms with Crippen LogP contribution in [0.15, 0.2) is 179 Å². The third-order valence-corrected chi connectivity index (χ3v) is 9.72. The minimum absolute atomic E-state index is 0.588. The molecular formula is C47H28N4O2. The van der Waals surface area contributed by atoms with Gasteiger partial charge in [0, 0.05) is 28.2 Å². The number of aromatic nitrogens is 2. The van der Waals surface area contributed by atoms with Crippen LogP contribution in [0.25, 0.3) is 77.8 Å². The number of oxazole rings is 2. The summed E-state index contributed by atoms with van der Waals surface area (Å²) in [5, 5.41) is 13.8. The number of hydrogen-bond donors (Lipinski definition) is 0. The van der Waals surface area contributed by atoms with E-state index in [9.17, 15) is 5.26 Å². The molecule has 0 unspecified atom stereocenters. The first-order valence-corrected chi connectivity index (χ1v) is 17.4. The molecule has 2 aromatic heterocycles. The first kappa shape index (κ1) is 30.3. The summed E-state index contributed by atoms with van der Waals surface area (Å²) in [6.45, 7) is 0. The average Bonchev–Trinajstić information content (AvgIpc) is 3.86. The number of anilines is 3. The SMILES string of the molecule is N#Cc1ccc2ccc(-c3ccc4cc(N(c5ccc(-c6nc7ccccc7o6)cc5)c5ccc(-c6nc7ccccc7o6)cc5)ccc4c3)cc2c1. The third-order valence-electron chi connectivity index (χ3n) is 9.72. The number of fused-ring (bicyclic) bond motifs is 4. The van der Waals surface area contributed by atoms with Crippen molar-refractivity contribution in [2.75, 3.05) is 4.90 Å². The van der Waals surface area contributed by atoms with E-state index in [0.29, 0.717) is 17.3 Å². The second-order valence-corrected chi connectivity index (χ2v) is 13.0. The normalized spacial score (nSPS) is 11.4. The molecule has 0 aliphatic carbocycles. The molecule has 0 fully saturated rings. The van der Waals surface area contributed by atoms with Crippen LogP contribution in [0.3, 0.4) is 0 Å². The van der Waals surface area contributed by atoms with Crippen LogP contribution in [0.4, 0.5) is 17.1 Å². The van der Waals surface area contributed by atoms with Gasteiger partial charge in [0.25, 0.3) is 0 Å². The van der Waals surface area contributed by atoms with Gasteiger partial charge in [-0.1, -0.05) is 60.7 Å². The lowest BCUT2D eigenvalue weighted by atomic mass is 9.97. The molecule has 0 saturated carbocycles. The predicted octanol–water partition coefficient (Wildman–Crippen LogP) is 12.6. The first-order valence-electron chi connectivity index (χ1n) is 17.4. The van der Waals surface area contributed by atoms with E-state index in [0.717, 1.165) is 83.1 Å². The molecule has 0 amide bonds. The Labute approximate surface area is 304 Å². The van der Waals surface area contributed by atoms with Crippen LogP contribution >= 0.6 is 0 Å². The summed E-state index contributed by atoms with van der Waals surface area (Å²) in [5.74, 6) is 1.18. The summed E-state index contributed by atoms with van der Waals surface area (Å²) in [5.41, 5.74) is 10.9. The zero-order valence-corrected chi connectivity index (χ0v) is 28.3. The summed E-state index contributed by atoms with van der Waals surface area (Å²) in [4.78, 5) is 11.7. The number of nitrogens with zero attached hydrogens (tertiary/aromatic N) is 4. The van der Waals surface area contributed by atoms with E-state index in [1.165, 1.54) is 0 Å². The Bertz CT molecular complexity index is 2840. The maximum absolute atomic E-state index is 9.41. The Balaban J connectivity index is 1.03. The lowest BCUT2D eigenvalue weighted by Gasteiger charge is -2.26. The number of hydrogen-bond acceptors (Lipinski definition) is 6. The van der Waals surface area contributed by atoms with E-state index in [1.54, 1.807) is 0 Å². The Morgan fingerprint density at radius 3 is 1.47 bits per heavy atom. The molecule has 0 saturated heterocycles. The van der Waals surface area contributed by atoms with Crippen LogP contribution in [0.5, 0.6) is 0 Å². The van der Waals surface area contributed by atoms with E-state index < -0.39 is 0 Å². The summed E-state index contributed by atoms with van der Waals surface area (Å²) < 4.78 is 12.1. The lowest BCUT2D eigenvalue weighted by molar-refractivity contribution is 0.619. The topological polar surface area (TPSA) is 79.1 Å². The minimum Gasteiger partial charge on any atom is -0.436 e. The van der Waals surface area contributed by atoms with Gasteiger partial charge in [0.2, 0.25) is 11.8 Å². The van der Waals surface area contributed by atoms with Crippen molar-refractivity contribution in [3.8, 4) is 40.1 Å². The van der Waals surface area contributed by atoms with Gasteiger partial charge < -0.3 is 13.7 Å². The Morgan fingerprint density at radius 1 is 0.415 bits per heavy atom. The molecule has 0 bridgehead atoms. The highest BCUT2D eigenvalue weighted by atomic mass is 16.4. The van der Waals surface area contributed by atoms with Gasteiger partial charge in [-0.05, 0) is 142 Å². The van der Waals surface area contributed by atoms with Crippen LogP contribution in [-0.4, -0.2) is 9.97 Å². The molecule has 0 atom stereocenters. The molecule has 0 aliphatic heterocycles. The molecule has 0 radical (unpaired) electrons. The lowest BCUT2D eigenvalue weighted by Crippen LogP contribution is -2.09. The van der Waals surface area contributed by atoms with Crippen LogP contribution in [-0.2, 0) is 0 Å². The molecule has 6 heteroatoms. The fourth-order valence-corrected chi connectivity index (χ4v) is 6.99. The van der Waals surface area contributed by atoms with Gasteiger partial charge in [-0.15, -0.1) is 0 Å². The maximum Gasteiger partial charge on any atom is 0.227 e. The van der Waals surface area contributed by atoms with Crippen molar-refractivity contribution >= 4 is 60.8 Å². The van der Waals surface area contributed by atoms with Gasteiger partial charge in [-0.2, -0.15) is 5.26 Å². The van der Waals surface area contributed by atoms with Crippen molar-refractivity contribution in [1.82, 2.24) is 9.97 Å². The van der Waals surface area contributed by atoms with Crippen LogP contribution in [0.1, 0.15) is 5.56 Å². The van der Waals surface area contributed by atoms with Crippen molar-refractivity contribution in [2.45, 2.75) is 0 Å². The second kappa shape index (κ2) is 12.4. The van der Waals surface area contributed by atoms with Crippen molar-refractivity contribution in [2.24, 2.45) is 0 Å². The Kier molecular flexibility index (Phi) is 7.09. The maximum atomic E-state index is 9.41. The molecule has 0 spiro atoms. The van der Waals surface area contributed by atoms with Crippen molar-refractivity contribution < 1.29 is 8.83 Å². The molecule has 10 rings (SSSR count). The molecule has 53 heavy (non-hydrogen) atoms. The van der Waals surface area contributed by atoms with Crippen molar-refractivity contribution in [3.05, 3.63) is 175 Å². The zero-order valence-electron chi connectivity index (χ0n) is 28.3. The molecule has 0 N–H and O–H groups in total. The summed E-state index contributed by atoms with van der Waals surface area (Å²) in [6.07, 6.45) is 0. The monoisotopic (exact) mass is 680 g/mol. The zero-order chi connectivity index (χ0) is 35.3. The molecule has 6 nitrogen and oxygen atoms in total. The molecule has 8 aromatic carbocycles. The van der Waals surface area contributed by atoms with Gasteiger partial charge in [0.1, 0.15) is 11.0 Å². The van der Waals surface area contributed by atoms with Gasteiger partial charge in [0.05, 0.1) is 11.6 Å². The van der Waals surface area contributed by atoms with E-state index in [1.807, 2.05) is 66.7 Å². The Morgan fingerprint density at radius 2 is 0.887 bits per heavy atom. The van der Waals surface area contributed by atoms with Crippen LogP contribution in [0.2, 0.25) is 0 Å². The molecule has 0 aliphatic rings. The number of nitriles is 1. The van der Waals surface area contributed by atoms with Gasteiger partial charge in [-0.3, -0.25) is 0 Å². The molecule has 10 aromatic rings. The molecular weight excluding hydrogens is 653 g/mol. The van der Waals surface area contributed by atoms with Gasteiger partial charge in [0.15, 0.2) is 11.2 Å². The van der Waals surface area contributed by atoms with Gasteiger partial charge >= 0.3 is 0 Å². The third kappa shape index (κ3) is 5.54. The van der Waals surface area contributed by atoms with E-state index in [-0.39, 0.29) is 0 Å². The minimum atomic E-state index is 0.588. The smallest absolute Gasteiger partial charge is 0.227 e. The highest BCUT2D eigenvalue weighted by Gasteiger charge is 2.17. The van der Waals surface area contributed by atoms with E-state index >= 15 is 0 Å². The highest BCUT2D eigenvalue weighted by Crippen LogP contribution is 2.39. The second-order valence-electron chi connectivity index (χ2n) is 13.0. The standard InChI is InChI=1S/C47H28N4O2/c48-29-30-9-10-31-11-12-35(27-38(31)25-30)34-13-14-37-28-41(24-19-36(37)26-34)51(39-20-15-32(16-21-39)46-49-42-5-1-3-7-44(42)52-46)40-22-17-33(18-23-40)47-50-43-6-2-4-8-45(43)53-47/h1-28H. The number of para-hydroxylation sites is 4.